The lowest BCUT2D eigenvalue weighted by Gasteiger charge is -2.13. The minimum Gasteiger partial charge on any atom is -0.249 e. The zero-order chi connectivity index (χ0) is 11.5. The van der Waals surface area contributed by atoms with Crippen molar-refractivity contribution < 1.29 is 0 Å². The molecule has 0 spiro atoms. The summed E-state index contributed by atoms with van der Waals surface area (Å²) in [5, 5.41) is 16.0. The van der Waals surface area contributed by atoms with E-state index in [2.05, 4.69) is 15.3 Å². The number of aromatic nitrogens is 2. The maximum atomic E-state index is 5.98. The number of benzene rings is 1. The zero-order valence-corrected chi connectivity index (χ0v) is 9.81. The Balaban J connectivity index is 2.67. The largest absolute Gasteiger partial charge is 0.249 e. The third-order valence-electron chi connectivity index (χ3n) is 2.22. The highest BCUT2D eigenvalue weighted by molar-refractivity contribution is 6.34. The summed E-state index contributed by atoms with van der Waals surface area (Å²) in [4.78, 5) is 0. The van der Waals surface area contributed by atoms with E-state index < -0.39 is 0 Å². The first kappa shape index (κ1) is 10.8. The van der Waals surface area contributed by atoms with Crippen molar-refractivity contribution in [3.8, 4) is 0 Å². The minimum absolute atomic E-state index is 0.410. The van der Waals surface area contributed by atoms with E-state index in [0.29, 0.717) is 11.0 Å². The number of hydrogen-bond acceptors (Lipinski definition) is 4. The first-order valence-electron chi connectivity index (χ1n) is 4.87. The average molecular weight is 235 g/mol. The molecular formula is C11H11ClN4. The quantitative estimate of drug-likeness (QED) is 0.593. The molecule has 0 aliphatic carbocycles. The smallest absolute Gasteiger partial charge is 0.179 e. The number of anilines is 1. The van der Waals surface area contributed by atoms with Gasteiger partial charge in [0.25, 0.3) is 0 Å². The summed E-state index contributed by atoms with van der Waals surface area (Å²) in [6.07, 6.45) is 1.70. The van der Waals surface area contributed by atoms with Crippen molar-refractivity contribution in [2.45, 2.75) is 6.92 Å². The lowest BCUT2D eigenvalue weighted by Crippen LogP contribution is -2.11. The van der Waals surface area contributed by atoms with Crippen molar-refractivity contribution in [2.24, 2.45) is 5.10 Å². The van der Waals surface area contributed by atoms with E-state index in [1.165, 1.54) is 0 Å². The molecule has 1 aromatic carbocycles. The second-order valence-electron chi connectivity index (χ2n) is 3.26. The second kappa shape index (κ2) is 4.45. The van der Waals surface area contributed by atoms with Gasteiger partial charge in [-0.25, -0.2) is 5.01 Å². The molecule has 0 atom stereocenters. The fourth-order valence-electron chi connectivity index (χ4n) is 1.52. The minimum atomic E-state index is 0.410. The fraction of sp³-hybridized carbons (Fsp3) is 0.182. The third-order valence-corrected chi connectivity index (χ3v) is 2.50. The highest BCUT2D eigenvalue weighted by Gasteiger charge is 2.09. The molecule has 1 aromatic heterocycles. The lowest BCUT2D eigenvalue weighted by atomic mass is 10.2. The number of rotatable bonds is 2. The summed E-state index contributed by atoms with van der Waals surface area (Å²) in [6, 6.07) is 7.72. The van der Waals surface area contributed by atoms with Gasteiger partial charge in [0.05, 0.1) is 0 Å². The number of fused-ring (bicyclic) bond motifs is 1. The van der Waals surface area contributed by atoms with Gasteiger partial charge in [-0.15, -0.1) is 10.2 Å². The van der Waals surface area contributed by atoms with Gasteiger partial charge in [0, 0.05) is 24.0 Å². The SMILES string of the molecule is C/C=N\N(C)c1nnc(Cl)c2ccccc12. The van der Waals surface area contributed by atoms with Gasteiger partial charge in [0.1, 0.15) is 0 Å². The van der Waals surface area contributed by atoms with Crippen LogP contribution in [0.2, 0.25) is 5.15 Å². The Morgan fingerprint density at radius 1 is 1.25 bits per heavy atom. The lowest BCUT2D eigenvalue weighted by molar-refractivity contribution is 0.935. The molecule has 0 saturated heterocycles. The van der Waals surface area contributed by atoms with Crippen LogP contribution in [0.15, 0.2) is 29.4 Å². The Kier molecular flexibility index (Phi) is 3.01. The molecular weight excluding hydrogens is 224 g/mol. The van der Waals surface area contributed by atoms with Gasteiger partial charge in [0.2, 0.25) is 0 Å². The molecule has 0 bridgehead atoms. The molecule has 0 saturated carbocycles. The molecule has 2 rings (SSSR count). The number of halogens is 1. The summed E-state index contributed by atoms with van der Waals surface area (Å²) in [7, 11) is 1.82. The predicted molar refractivity (Wildman–Crippen MR) is 67.1 cm³/mol. The summed E-state index contributed by atoms with van der Waals surface area (Å²) in [6.45, 7) is 1.85. The maximum absolute atomic E-state index is 5.98. The monoisotopic (exact) mass is 234 g/mol. The average Bonchev–Trinajstić information content (AvgIpc) is 2.30. The van der Waals surface area contributed by atoms with Crippen LogP contribution in [0.3, 0.4) is 0 Å². The zero-order valence-electron chi connectivity index (χ0n) is 9.05. The van der Waals surface area contributed by atoms with Crippen LogP contribution < -0.4 is 5.01 Å². The summed E-state index contributed by atoms with van der Waals surface area (Å²) in [5.41, 5.74) is 0. The van der Waals surface area contributed by atoms with E-state index in [4.69, 9.17) is 11.6 Å². The van der Waals surface area contributed by atoms with E-state index in [9.17, 15) is 0 Å². The van der Waals surface area contributed by atoms with Crippen LogP contribution >= 0.6 is 11.6 Å². The van der Waals surface area contributed by atoms with Crippen LogP contribution in [0.4, 0.5) is 5.82 Å². The van der Waals surface area contributed by atoms with E-state index in [0.717, 1.165) is 10.8 Å². The Labute approximate surface area is 98.5 Å². The standard InChI is InChI=1S/C11H11ClN4/c1-3-13-16(2)11-9-7-5-4-6-8(9)10(12)14-15-11/h3-7H,1-2H3/b13-3-. The predicted octanol–water partition coefficient (Wildman–Crippen LogP) is 2.73. The van der Waals surface area contributed by atoms with Crippen molar-refractivity contribution in [3.05, 3.63) is 29.4 Å². The van der Waals surface area contributed by atoms with Gasteiger partial charge in [-0.1, -0.05) is 35.9 Å². The molecule has 0 amide bonds. The van der Waals surface area contributed by atoms with Crippen molar-refractivity contribution in [2.75, 3.05) is 12.1 Å². The van der Waals surface area contributed by atoms with Crippen LogP contribution in [0, 0.1) is 0 Å². The van der Waals surface area contributed by atoms with Gasteiger partial charge < -0.3 is 0 Å². The molecule has 0 unspecified atom stereocenters. The molecule has 1 heterocycles. The van der Waals surface area contributed by atoms with Gasteiger partial charge >= 0.3 is 0 Å². The molecule has 0 aliphatic heterocycles. The van der Waals surface area contributed by atoms with E-state index >= 15 is 0 Å². The van der Waals surface area contributed by atoms with Crippen molar-refractivity contribution in [3.63, 3.8) is 0 Å². The highest BCUT2D eigenvalue weighted by Crippen LogP contribution is 2.27. The Bertz CT molecular complexity index is 538. The van der Waals surface area contributed by atoms with E-state index in [-0.39, 0.29) is 0 Å². The van der Waals surface area contributed by atoms with E-state index in [1.54, 1.807) is 11.2 Å². The summed E-state index contributed by atoms with van der Waals surface area (Å²) >= 11 is 5.98. The third kappa shape index (κ3) is 1.84. The molecule has 82 valence electrons. The Morgan fingerprint density at radius 3 is 2.62 bits per heavy atom. The summed E-state index contributed by atoms with van der Waals surface area (Å²) < 4.78 is 0. The maximum Gasteiger partial charge on any atom is 0.179 e. The summed E-state index contributed by atoms with van der Waals surface area (Å²) in [5.74, 6) is 0.693. The van der Waals surface area contributed by atoms with Gasteiger partial charge in [-0.05, 0) is 6.92 Å². The highest BCUT2D eigenvalue weighted by atomic mass is 35.5. The Morgan fingerprint density at radius 2 is 1.94 bits per heavy atom. The van der Waals surface area contributed by atoms with Crippen LogP contribution in [0.1, 0.15) is 6.92 Å². The topological polar surface area (TPSA) is 41.4 Å². The van der Waals surface area contributed by atoms with Crippen LogP contribution in [-0.4, -0.2) is 23.5 Å². The second-order valence-corrected chi connectivity index (χ2v) is 3.62. The first-order chi connectivity index (χ1) is 7.74. The molecule has 16 heavy (non-hydrogen) atoms. The molecule has 4 nitrogen and oxygen atoms in total. The number of hydrogen-bond donors (Lipinski definition) is 0. The van der Waals surface area contributed by atoms with Crippen molar-refractivity contribution in [1.29, 1.82) is 0 Å². The molecule has 0 radical (unpaired) electrons. The fourth-order valence-corrected chi connectivity index (χ4v) is 1.73. The number of nitrogens with zero attached hydrogens (tertiary/aromatic N) is 4. The van der Waals surface area contributed by atoms with Gasteiger partial charge in [-0.3, -0.25) is 0 Å². The van der Waals surface area contributed by atoms with Crippen LogP contribution in [-0.2, 0) is 0 Å². The number of hydrazone groups is 1. The molecule has 0 N–H and O–H groups in total. The molecule has 5 heteroatoms. The van der Waals surface area contributed by atoms with Crippen molar-refractivity contribution >= 4 is 34.4 Å². The van der Waals surface area contributed by atoms with Gasteiger partial charge in [0.15, 0.2) is 11.0 Å². The van der Waals surface area contributed by atoms with Crippen molar-refractivity contribution in [1.82, 2.24) is 10.2 Å². The van der Waals surface area contributed by atoms with Crippen LogP contribution in [0.5, 0.6) is 0 Å². The van der Waals surface area contributed by atoms with Gasteiger partial charge in [-0.2, -0.15) is 5.10 Å². The Hall–Kier alpha value is -1.68. The molecule has 0 fully saturated rings. The van der Waals surface area contributed by atoms with E-state index in [1.807, 2.05) is 38.2 Å². The molecule has 0 aliphatic rings. The normalized spacial score (nSPS) is 11.2. The molecule has 2 aromatic rings. The van der Waals surface area contributed by atoms with Crippen LogP contribution in [0.25, 0.3) is 10.8 Å². The first-order valence-corrected chi connectivity index (χ1v) is 5.25.